The van der Waals surface area contributed by atoms with Crippen LogP contribution in [0.4, 0.5) is 10.5 Å². The van der Waals surface area contributed by atoms with Crippen LogP contribution in [0, 0.1) is 0 Å². The molecule has 1 aliphatic rings. The third-order valence-electron chi connectivity index (χ3n) is 3.81. The predicted octanol–water partition coefficient (Wildman–Crippen LogP) is 2.85. The molecule has 114 valence electrons. The monoisotopic (exact) mass is 298 g/mol. The number of nitrogens with zero attached hydrogens (tertiary/aromatic N) is 3. The minimum atomic E-state index is -0.134. The van der Waals surface area contributed by atoms with E-state index in [2.05, 4.69) is 15.3 Å². The summed E-state index contributed by atoms with van der Waals surface area (Å²) in [5.41, 5.74) is 1.69. The predicted molar refractivity (Wildman–Crippen MR) is 82.7 cm³/mol. The summed E-state index contributed by atoms with van der Waals surface area (Å²) in [6.45, 7) is 0.738. The molecular formula is C16H18N4O2. The summed E-state index contributed by atoms with van der Waals surface area (Å²) in [6, 6.07) is 7.42. The molecule has 1 atom stereocenters. The third kappa shape index (κ3) is 2.86. The van der Waals surface area contributed by atoms with E-state index in [1.807, 2.05) is 17.0 Å². The average molecular weight is 298 g/mol. The number of likely N-dealkylation sites (tertiary alicyclic amines) is 1. The van der Waals surface area contributed by atoms with Crippen molar-refractivity contribution < 1.29 is 9.53 Å². The van der Waals surface area contributed by atoms with Gasteiger partial charge in [0.2, 0.25) is 5.88 Å². The number of carbonyl (C=O) groups is 1. The van der Waals surface area contributed by atoms with Crippen LogP contribution in [0.2, 0.25) is 0 Å². The molecule has 1 saturated heterocycles. The largest absolute Gasteiger partial charge is 0.480 e. The maximum atomic E-state index is 12.6. The van der Waals surface area contributed by atoms with Crippen LogP contribution in [0.25, 0.3) is 0 Å². The molecular weight excluding hydrogens is 280 g/mol. The minimum absolute atomic E-state index is 0.0886. The Hall–Kier alpha value is -2.63. The van der Waals surface area contributed by atoms with Crippen LogP contribution in [0.1, 0.15) is 24.4 Å². The van der Waals surface area contributed by atoms with Crippen molar-refractivity contribution in [1.29, 1.82) is 0 Å². The number of ether oxygens (including phenoxy) is 1. The Morgan fingerprint density at radius 3 is 2.91 bits per heavy atom. The molecule has 0 unspecified atom stereocenters. The minimum Gasteiger partial charge on any atom is -0.480 e. The summed E-state index contributed by atoms with van der Waals surface area (Å²) in [6.07, 6.45) is 7.10. The second-order valence-corrected chi connectivity index (χ2v) is 5.12. The molecule has 0 saturated carbocycles. The fraction of sp³-hybridized carbons (Fsp3) is 0.312. The van der Waals surface area contributed by atoms with Crippen molar-refractivity contribution in [3.8, 4) is 5.88 Å². The van der Waals surface area contributed by atoms with Gasteiger partial charge >= 0.3 is 6.03 Å². The van der Waals surface area contributed by atoms with Crippen molar-refractivity contribution in [2.24, 2.45) is 0 Å². The molecule has 6 heteroatoms. The van der Waals surface area contributed by atoms with Crippen molar-refractivity contribution in [2.75, 3.05) is 19.0 Å². The first-order valence-electron chi connectivity index (χ1n) is 7.26. The first-order chi connectivity index (χ1) is 10.8. The van der Waals surface area contributed by atoms with Gasteiger partial charge in [-0.2, -0.15) is 0 Å². The van der Waals surface area contributed by atoms with Crippen LogP contribution in [-0.4, -0.2) is 34.6 Å². The highest BCUT2D eigenvalue weighted by Crippen LogP contribution is 2.32. The van der Waals surface area contributed by atoms with Crippen LogP contribution in [0.5, 0.6) is 5.88 Å². The Bertz CT molecular complexity index is 648. The van der Waals surface area contributed by atoms with Gasteiger partial charge in [-0.15, -0.1) is 0 Å². The fourth-order valence-corrected chi connectivity index (χ4v) is 2.78. The molecule has 0 spiro atoms. The van der Waals surface area contributed by atoms with Gasteiger partial charge in [-0.25, -0.2) is 9.78 Å². The van der Waals surface area contributed by atoms with E-state index < -0.39 is 0 Å². The third-order valence-corrected chi connectivity index (χ3v) is 3.81. The number of nitrogens with one attached hydrogen (secondary N) is 1. The molecule has 0 aliphatic carbocycles. The first kappa shape index (κ1) is 14.3. The molecule has 3 heterocycles. The highest BCUT2D eigenvalue weighted by molar-refractivity contribution is 5.91. The van der Waals surface area contributed by atoms with Gasteiger partial charge in [-0.05, 0) is 42.7 Å². The molecule has 2 aromatic heterocycles. The molecule has 2 amide bonds. The van der Waals surface area contributed by atoms with E-state index in [0.717, 1.165) is 24.9 Å². The van der Waals surface area contributed by atoms with Crippen LogP contribution >= 0.6 is 0 Å². The van der Waals surface area contributed by atoms with E-state index in [1.54, 1.807) is 30.7 Å². The standard InChI is InChI=1S/C16H18N4O2/c1-22-15-13(4-2-8-18-15)19-16(21)20-11-3-5-14(20)12-6-9-17-10-7-12/h2,4,6-10,14H,3,5,11H2,1H3,(H,19,21)/t14-/m1/s1. The molecule has 0 aromatic carbocycles. The van der Waals surface area contributed by atoms with Crippen molar-refractivity contribution in [2.45, 2.75) is 18.9 Å². The van der Waals surface area contributed by atoms with E-state index in [0.29, 0.717) is 11.6 Å². The summed E-state index contributed by atoms with van der Waals surface area (Å²) in [5.74, 6) is 0.413. The van der Waals surface area contributed by atoms with Crippen LogP contribution in [0.15, 0.2) is 42.9 Å². The van der Waals surface area contributed by atoms with Gasteiger partial charge in [0.05, 0.1) is 13.2 Å². The molecule has 6 nitrogen and oxygen atoms in total. The zero-order chi connectivity index (χ0) is 15.4. The van der Waals surface area contributed by atoms with Gasteiger partial charge in [0, 0.05) is 25.1 Å². The smallest absolute Gasteiger partial charge is 0.322 e. The lowest BCUT2D eigenvalue weighted by molar-refractivity contribution is 0.207. The van der Waals surface area contributed by atoms with Crippen LogP contribution in [0.3, 0.4) is 0 Å². The molecule has 1 fully saturated rings. The number of amides is 2. The number of hydrogen-bond acceptors (Lipinski definition) is 4. The lowest BCUT2D eigenvalue weighted by Gasteiger charge is -2.25. The van der Waals surface area contributed by atoms with E-state index in [1.165, 1.54) is 7.11 Å². The lowest BCUT2D eigenvalue weighted by Crippen LogP contribution is -2.34. The second-order valence-electron chi connectivity index (χ2n) is 5.12. The molecule has 22 heavy (non-hydrogen) atoms. The number of rotatable bonds is 3. The SMILES string of the molecule is COc1ncccc1NC(=O)N1CCC[C@@H]1c1ccncc1. The summed E-state index contributed by atoms with van der Waals surface area (Å²) in [4.78, 5) is 22.6. The highest BCUT2D eigenvalue weighted by Gasteiger charge is 2.30. The Labute approximate surface area is 129 Å². The van der Waals surface area contributed by atoms with Crippen LogP contribution in [-0.2, 0) is 0 Å². The molecule has 2 aromatic rings. The van der Waals surface area contributed by atoms with Crippen molar-refractivity contribution >= 4 is 11.7 Å². The van der Waals surface area contributed by atoms with Crippen molar-refractivity contribution in [1.82, 2.24) is 14.9 Å². The van der Waals surface area contributed by atoms with Crippen LogP contribution < -0.4 is 10.1 Å². The van der Waals surface area contributed by atoms with Gasteiger partial charge in [0.15, 0.2) is 0 Å². The Kier molecular flexibility index (Phi) is 4.18. The van der Waals surface area contributed by atoms with E-state index in [-0.39, 0.29) is 12.1 Å². The number of hydrogen-bond donors (Lipinski definition) is 1. The van der Waals surface area contributed by atoms with Gasteiger partial charge in [0.25, 0.3) is 0 Å². The van der Waals surface area contributed by atoms with Gasteiger partial charge in [-0.1, -0.05) is 0 Å². The first-order valence-corrected chi connectivity index (χ1v) is 7.26. The molecule has 0 bridgehead atoms. The zero-order valence-corrected chi connectivity index (χ0v) is 12.4. The Balaban J connectivity index is 1.77. The summed E-state index contributed by atoms with van der Waals surface area (Å²) < 4.78 is 5.17. The number of carbonyl (C=O) groups excluding carboxylic acids is 1. The second kappa shape index (κ2) is 6.43. The zero-order valence-electron chi connectivity index (χ0n) is 12.4. The number of urea groups is 1. The normalized spacial score (nSPS) is 17.3. The fourth-order valence-electron chi connectivity index (χ4n) is 2.78. The number of methoxy groups -OCH3 is 1. The number of aromatic nitrogens is 2. The maximum absolute atomic E-state index is 12.6. The van der Waals surface area contributed by atoms with Gasteiger partial charge in [-0.3, -0.25) is 4.98 Å². The topological polar surface area (TPSA) is 67.3 Å². The Morgan fingerprint density at radius 1 is 1.32 bits per heavy atom. The van der Waals surface area contributed by atoms with Gasteiger partial charge < -0.3 is 15.0 Å². The number of pyridine rings is 2. The van der Waals surface area contributed by atoms with Crippen molar-refractivity contribution in [3.05, 3.63) is 48.4 Å². The lowest BCUT2D eigenvalue weighted by atomic mass is 10.1. The maximum Gasteiger partial charge on any atom is 0.322 e. The summed E-state index contributed by atoms with van der Waals surface area (Å²) in [5, 5.41) is 2.89. The quantitative estimate of drug-likeness (QED) is 0.946. The molecule has 1 N–H and O–H groups in total. The Morgan fingerprint density at radius 2 is 2.14 bits per heavy atom. The van der Waals surface area contributed by atoms with Gasteiger partial charge in [0.1, 0.15) is 5.69 Å². The van der Waals surface area contributed by atoms with E-state index in [4.69, 9.17) is 4.74 Å². The van der Waals surface area contributed by atoms with Crippen molar-refractivity contribution in [3.63, 3.8) is 0 Å². The molecule has 3 rings (SSSR count). The summed E-state index contributed by atoms with van der Waals surface area (Å²) >= 11 is 0. The molecule has 1 aliphatic heterocycles. The summed E-state index contributed by atoms with van der Waals surface area (Å²) in [7, 11) is 1.54. The molecule has 0 radical (unpaired) electrons. The highest BCUT2D eigenvalue weighted by atomic mass is 16.5. The van der Waals surface area contributed by atoms with E-state index in [9.17, 15) is 4.79 Å². The number of anilines is 1. The average Bonchev–Trinajstić information content (AvgIpc) is 3.06. The van der Waals surface area contributed by atoms with E-state index >= 15 is 0 Å².